The number of benzene rings is 1. The van der Waals surface area contributed by atoms with Crippen LogP contribution in [0, 0.1) is 0 Å². The summed E-state index contributed by atoms with van der Waals surface area (Å²) in [5, 5.41) is 12.1. The minimum atomic E-state index is 0.0138. The van der Waals surface area contributed by atoms with Gasteiger partial charge in [0.1, 0.15) is 0 Å². The Morgan fingerprint density at radius 1 is 1.47 bits per heavy atom. The molecule has 0 aliphatic heterocycles. The molecule has 0 saturated carbocycles. The van der Waals surface area contributed by atoms with Crippen LogP contribution in [0.25, 0.3) is 0 Å². The molecule has 0 saturated heterocycles. The zero-order valence-electron chi connectivity index (χ0n) is 9.46. The van der Waals surface area contributed by atoms with Crippen LogP contribution in [-0.4, -0.2) is 20.2 Å². The summed E-state index contributed by atoms with van der Waals surface area (Å²) in [4.78, 5) is 1.07. The van der Waals surface area contributed by atoms with Crippen molar-refractivity contribution in [1.82, 2.24) is 20.2 Å². The van der Waals surface area contributed by atoms with Crippen molar-refractivity contribution >= 4 is 27.7 Å². The van der Waals surface area contributed by atoms with Gasteiger partial charge < -0.3 is 5.73 Å². The molecule has 0 aliphatic carbocycles. The number of nitrogens with two attached hydrogens (primary N) is 1. The lowest BCUT2D eigenvalue weighted by atomic mass is 10.1. The molecule has 5 nitrogen and oxygen atoms in total. The van der Waals surface area contributed by atoms with Gasteiger partial charge in [0.05, 0.1) is 0 Å². The van der Waals surface area contributed by atoms with Gasteiger partial charge in [0, 0.05) is 22.5 Å². The fourth-order valence-electron chi connectivity index (χ4n) is 1.35. The van der Waals surface area contributed by atoms with Gasteiger partial charge >= 0.3 is 0 Å². The Balaban J connectivity index is 2.24. The van der Waals surface area contributed by atoms with E-state index in [1.165, 1.54) is 11.8 Å². The normalized spacial score (nSPS) is 12.7. The number of rotatable bonds is 3. The second-order valence-electron chi connectivity index (χ2n) is 3.66. The van der Waals surface area contributed by atoms with Gasteiger partial charge in [-0.1, -0.05) is 22.0 Å². The topological polar surface area (TPSA) is 69.6 Å². The van der Waals surface area contributed by atoms with E-state index in [9.17, 15) is 0 Å². The number of hydrogen-bond donors (Lipinski definition) is 1. The first-order chi connectivity index (χ1) is 8.08. The molecule has 0 bridgehead atoms. The lowest BCUT2D eigenvalue weighted by Crippen LogP contribution is -2.05. The van der Waals surface area contributed by atoms with E-state index in [0.717, 1.165) is 20.1 Å². The highest BCUT2D eigenvalue weighted by atomic mass is 79.9. The molecule has 0 aliphatic rings. The summed E-state index contributed by atoms with van der Waals surface area (Å²) in [7, 11) is 1.81. The molecular formula is C10H12BrN5S. The van der Waals surface area contributed by atoms with Crippen molar-refractivity contribution in [3.8, 4) is 0 Å². The van der Waals surface area contributed by atoms with Gasteiger partial charge in [-0.05, 0) is 46.8 Å². The average molecular weight is 314 g/mol. The number of aromatic nitrogens is 4. The number of hydrogen-bond acceptors (Lipinski definition) is 5. The predicted molar refractivity (Wildman–Crippen MR) is 69.7 cm³/mol. The van der Waals surface area contributed by atoms with Crippen molar-refractivity contribution in [3.63, 3.8) is 0 Å². The number of nitrogens with zero attached hydrogens (tertiary/aromatic N) is 4. The van der Waals surface area contributed by atoms with Gasteiger partial charge in [0.25, 0.3) is 0 Å². The Bertz CT molecular complexity index is 525. The fourth-order valence-corrected chi connectivity index (χ4v) is 3.01. The number of aryl methyl sites for hydroxylation is 1. The zero-order valence-corrected chi connectivity index (χ0v) is 11.9. The Morgan fingerprint density at radius 2 is 2.24 bits per heavy atom. The van der Waals surface area contributed by atoms with Crippen LogP contribution >= 0.6 is 27.7 Å². The second-order valence-corrected chi connectivity index (χ2v) is 5.55. The van der Waals surface area contributed by atoms with Crippen molar-refractivity contribution < 1.29 is 0 Å². The zero-order chi connectivity index (χ0) is 12.4. The lowest BCUT2D eigenvalue weighted by Gasteiger charge is -2.09. The van der Waals surface area contributed by atoms with Crippen molar-refractivity contribution in [3.05, 3.63) is 28.2 Å². The maximum atomic E-state index is 5.85. The minimum Gasteiger partial charge on any atom is -0.324 e. The Morgan fingerprint density at radius 3 is 2.76 bits per heavy atom. The van der Waals surface area contributed by atoms with Gasteiger partial charge in [-0.25, -0.2) is 4.68 Å². The first kappa shape index (κ1) is 12.5. The summed E-state index contributed by atoms with van der Waals surface area (Å²) in [6, 6.07) is 6.07. The molecular weight excluding hydrogens is 302 g/mol. The molecule has 2 rings (SSSR count). The molecule has 1 atom stereocenters. The van der Waals surface area contributed by atoms with Crippen LogP contribution in [0.5, 0.6) is 0 Å². The molecule has 7 heteroatoms. The Hall–Kier alpha value is -0.920. The van der Waals surface area contributed by atoms with Gasteiger partial charge in [-0.15, -0.1) is 5.10 Å². The van der Waals surface area contributed by atoms with Gasteiger partial charge in [-0.2, -0.15) is 0 Å². The van der Waals surface area contributed by atoms with Gasteiger partial charge in [-0.3, -0.25) is 0 Å². The molecule has 2 aromatic rings. The van der Waals surface area contributed by atoms with Crippen LogP contribution in [0.1, 0.15) is 18.5 Å². The summed E-state index contributed by atoms with van der Waals surface area (Å²) in [6.45, 7) is 1.96. The Labute approximate surface area is 112 Å². The molecule has 0 spiro atoms. The van der Waals surface area contributed by atoms with Crippen molar-refractivity contribution in [2.45, 2.75) is 23.0 Å². The predicted octanol–water partition coefficient (Wildman–Crippen LogP) is 2.14. The fraction of sp³-hybridized carbons (Fsp3) is 0.300. The molecule has 1 aromatic carbocycles. The molecule has 0 amide bonds. The van der Waals surface area contributed by atoms with Crippen LogP contribution < -0.4 is 5.73 Å². The standard InChI is InChI=1S/C10H12BrN5S/c1-6(12)8-4-3-7(5-9(8)11)17-10-13-14-15-16(10)2/h3-6H,12H2,1-2H3/t6-/m1/s1. The molecule has 0 unspecified atom stereocenters. The summed E-state index contributed by atoms with van der Waals surface area (Å²) >= 11 is 5.03. The van der Waals surface area contributed by atoms with E-state index >= 15 is 0 Å². The molecule has 1 aromatic heterocycles. The summed E-state index contributed by atoms with van der Waals surface area (Å²) in [5.74, 6) is 0. The largest absolute Gasteiger partial charge is 0.324 e. The van der Waals surface area contributed by atoms with Crippen LogP contribution in [-0.2, 0) is 7.05 Å². The molecule has 0 radical (unpaired) electrons. The smallest absolute Gasteiger partial charge is 0.213 e. The lowest BCUT2D eigenvalue weighted by molar-refractivity contribution is 0.664. The van der Waals surface area contributed by atoms with Crippen molar-refractivity contribution in [2.75, 3.05) is 0 Å². The van der Waals surface area contributed by atoms with E-state index in [1.54, 1.807) is 4.68 Å². The van der Waals surface area contributed by atoms with E-state index in [-0.39, 0.29) is 6.04 Å². The Kier molecular flexibility index (Phi) is 3.80. The highest BCUT2D eigenvalue weighted by molar-refractivity contribution is 9.10. The maximum absolute atomic E-state index is 5.85. The third-order valence-corrected chi connectivity index (χ3v) is 3.96. The maximum Gasteiger partial charge on any atom is 0.213 e. The summed E-state index contributed by atoms with van der Waals surface area (Å²) < 4.78 is 2.64. The number of tetrazole rings is 1. The van der Waals surface area contributed by atoms with E-state index < -0.39 is 0 Å². The molecule has 90 valence electrons. The van der Waals surface area contributed by atoms with Crippen LogP contribution in [0.2, 0.25) is 0 Å². The van der Waals surface area contributed by atoms with E-state index in [2.05, 4.69) is 31.5 Å². The monoisotopic (exact) mass is 313 g/mol. The number of halogens is 1. The quantitative estimate of drug-likeness (QED) is 0.940. The summed E-state index contributed by atoms with van der Waals surface area (Å²) in [6.07, 6.45) is 0. The van der Waals surface area contributed by atoms with Crippen LogP contribution in [0.4, 0.5) is 0 Å². The molecule has 0 fully saturated rings. The third-order valence-electron chi connectivity index (χ3n) is 2.25. The van der Waals surface area contributed by atoms with E-state index in [0.29, 0.717) is 0 Å². The van der Waals surface area contributed by atoms with Gasteiger partial charge in [0.15, 0.2) is 0 Å². The third kappa shape index (κ3) is 2.85. The SMILES string of the molecule is C[C@@H](N)c1ccc(Sc2nnnn2C)cc1Br. The molecule has 2 N–H and O–H groups in total. The average Bonchev–Trinajstić information content (AvgIpc) is 2.64. The van der Waals surface area contributed by atoms with Crippen molar-refractivity contribution in [2.24, 2.45) is 12.8 Å². The first-order valence-electron chi connectivity index (χ1n) is 5.03. The van der Waals surface area contributed by atoms with Crippen LogP contribution in [0.3, 0.4) is 0 Å². The minimum absolute atomic E-state index is 0.0138. The highest BCUT2D eigenvalue weighted by Gasteiger charge is 2.09. The molecule has 17 heavy (non-hydrogen) atoms. The first-order valence-corrected chi connectivity index (χ1v) is 6.64. The highest BCUT2D eigenvalue weighted by Crippen LogP contribution is 2.30. The van der Waals surface area contributed by atoms with E-state index in [1.807, 2.05) is 32.2 Å². The summed E-state index contributed by atoms with van der Waals surface area (Å²) in [5.41, 5.74) is 6.94. The van der Waals surface area contributed by atoms with E-state index in [4.69, 9.17) is 5.73 Å². The van der Waals surface area contributed by atoms with Crippen LogP contribution in [0.15, 0.2) is 32.7 Å². The van der Waals surface area contributed by atoms with Crippen molar-refractivity contribution in [1.29, 1.82) is 0 Å². The van der Waals surface area contributed by atoms with Gasteiger partial charge in [0.2, 0.25) is 5.16 Å². The second kappa shape index (κ2) is 5.16. The molecule has 1 heterocycles.